The topological polar surface area (TPSA) is 58.6 Å². The van der Waals surface area contributed by atoms with Crippen LogP contribution in [0.1, 0.15) is 65.2 Å². The third kappa shape index (κ3) is 16.9. The van der Waals surface area contributed by atoms with Crippen molar-refractivity contribution in [2.24, 2.45) is 5.92 Å². The summed E-state index contributed by atoms with van der Waals surface area (Å²) in [6.45, 7) is 5.61. The molecule has 1 atom stereocenters. The van der Waals surface area contributed by atoms with Crippen molar-refractivity contribution >= 4 is 6.09 Å². The predicted molar refractivity (Wildman–Crippen MR) is 96.5 cm³/mol. The van der Waals surface area contributed by atoms with Gasteiger partial charge in [0.05, 0.1) is 6.61 Å². The van der Waals surface area contributed by atoms with E-state index < -0.39 is 0 Å². The summed E-state index contributed by atoms with van der Waals surface area (Å²) in [4.78, 5) is 11.4. The van der Waals surface area contributed by atoms with Gasteiger partial charge in [-0.05, 0) is 31.6 Å². The Hall–Kier alpha value is -1.29. The average molecular weight is 325 g/mol. The second kappa shape index (κ2) is 17.1. The van der Waals surface area contributed by atoms with Crippen molar-refractivity contribution < 1.29 is 14.6 Å². The van der Waals surface area contributed by atoms with Gasteiger partial charge in [0.15, 0.2) is 0 Å². The van der Waals surface area contributed by atoms with Crippen LogP contribution in [-0.4, -0.2) is 31.0 Å². The SMILES string of the molecule is CCCCC[C@H](C)/C=C/C=C\CNC(=O)OCCCCCCO. The Bertz CT molecular complexity index is 327. The number of ether oxygens (including phenoxy) is 1. The highest BCUT2D eigenvalue weighted by atomic mass is 16.5. The first-order valence-corrected chi connectivity index (χ1v) is 9.05. The number of nitrogens with one attached hydrogen (secondary N) is 1. The largest absolute Gasteiger partial charge is 0.450 e. The van der Waals surface area contributed by atoms with Gasteiger partial charge in [-0.1, -0.05) is 63.8 Å². The third-order valence-corrected chi connectivity index (χ3v) is 3.60. The molecule has 4 nitrogen and oxygen atoms in total. The fraction of sp³-hybridized carbons (Fsp3) is 0.737. The molecule has 134 valence electrons. The van der Waals surface area contributed by atoms with Crippen molar-refractivity contribution in [1.82, 2.24) is 5.32 Å². The van der Waals surface area contributed by atoms with E-state index in [1.54, 1.807) is 0 Å². The molecule has 4 heteroatoms. The number of carbonyl (C=O) groups is 1. The maximum absolute atomic E-state index is 11.4. The highest BCUT2D eigenvalue weighted by molar-refractivity contribution is 5.67. The Kier molecular flexibility index (Phi) is 16.1. The number of carbonyl (C=O) groups excluding carboxylic acids is 1. The molecule has 0 unspecified atom stereocenters. The van der Waals surface area contributed by atoms with Gasteiger partial charge in [-0.25, -0.2) is 4.79 Å². The number of aliphatic hydroxyl groups is 1. The first-order chi connectivity index (χ1) is 11.2. The predicted octanol–water partition coefficient (Wildman–Crippen LogP) is 4.59. The zero-order valence-electron chi connectivity index (χ0n) is 14.9. The molecular weight excluding hydrogens is 290 g/mol. The molecule has 1 amide bonds. The van der Waals surface area contributed by atoms with Crippen LogP contribution in [0.3, 0.4) is 0 Å². The molecule has 0 aromatic heterocycles. The maximum Gasteiger partial charge on any atom is 0.407 e. The van der Waals surface area contributed by atoms with Crippen LogP contribution in [0.5, 0.6) is 0 Å². The fourth-order valence-corrected chi connectivity index (χ4v) is 2.14. The Morgan fingerprint density at radius 1 is 1.13 bits per heavy atom. The van der Waals surface area contributed by atoms with Crippen LogP contribution < -0.4 is 5.32 Å². The Labute approximate surface area is 142 Å². The Morgan fingerprint density at radius 2 is 1.91 bits per heavy atom. The molecule has 0 saturated heterocycles. The van der Waals surface area contributed by atoms with Crippen molar-refractivity contribution in [2.45, 2.75) is 65.2 Å². The molecule has 2 N–H and O–H groups in total. The van der Waals surface area contributed by atoms with E-state index in [0.29, 0.717) is 19.1 Å². The van der Waals surface area contributed by atoms with Gasteiger partial charge in [0.2, 0.25) is 0 Å². The van der Waals surface area contributed by atoms with E-state index in [2.05, 4.69) is 25.2 Å². The first-order valence-electron chi connectivity index (χ1n) is 9.05. The fourth-order valence-electron chi connectivity index (χ4n) is 2.14. The summed E-state index contributed by atoms with van der Waals surface area (Å²) in [5, 5.41) is 11.3. The number of hydrogen-bond donors (Lipinski definition) is 2. The lowest BCUT2D eigenvalue weighted by Gasteiger charge is -2.05. The van der Waals surface area contributed by atoms with Gasteiger partial charge in [-0.3, -0.25) is 0 Å². The van der Waals surface area contributed by atoms with Gasteiger partial charge in [-0.2, -0.15) is 0 Å². The van der Waals surface area contributed by atoms with Crippen LogP contribution in [0.15, 0.2) is 24.3 Å². The van der Waals surface area contributed by atoms with Crippen LogP contribution in [0, 0.1) is 5.92 Å². The Balaban J connectivity index is 3.51. The zero-order valence-corrected chi connectivity index (χ0v) is 14.9. The van der Waals surface area contributed by atoms with E-state index in [4.69, 9.17) is 9.84 Å². The van der Waals surface area contributed by atoms with Crippen molar-refractivity contribution in [1.29, 1.82) is 0 Å². The van der Waals surface area contributed by atoms with Gasteiger partial charge in [-0.15, -0.1) is 0 Å². The van der Waals surface area contributed by atoms with Crippen LogP contribution in [0.25, 0.3) is 0 Å². The molecule has 0 aliphatic carbocycles. The van der Waals surface area contributed by atoms with E-state index >= 15 is 0 Å². The monoisotopic (exact) mass is 325 g/mol. The van der Waals surface area contributed by atoms with Crippen LogP contribution in [0.4, 0.5) is 4.79 Å². The minimum absolute atomic E-state index is 0.236. The van der Waals surface area contributed by atoms with Crippen LogP contribution in [0.2, 0.25) is 0 Å². The lowest BCUT2D eigenvalue weighted by atomic mass is 10.0. The molecular formula is C19H35NO3. The molecule has 0 saturated carbocycles. The molecule has 0 rings (SSSR count). The molecule has 0 spiro atoms. The molecule has 0 heterocycles. The van der Waals surface area contributed by atoms with Gasteiger partial charge in [0.1, 0.15) is 0 Å². The van der Waals surface area contributed by atoms with Crippen molar-refractivity contribution in [3.63, 3.8) is 0 Å². The number of rotatable bonds is 14. The summed E-state index contributed by atoms with van der Waals surface area (Å²) >= 11 is 0. The van der Waals surface area contributed by atoms with E-state index in [-0.39, 0.29) is 12.7 Å². The zero-order chi connectivity index (χ0) is 17.2. The second-order valence-corrected chi connectivity index (χ2v) is 5.94. The first kappa shape index (κ1) is 21.7. The minimum atomic E-state index is -0.367. The van der Waals surface area contributed by atoms with Crippen LogP contribution in [-0.2, 0) is 4.74 Å². The average Bonchev–Trinajstić information content (AvgIpc) is 2.54. The van der Waals surface area contributed by atoms with Crippen molar-refractivity contribution in [3.8, 4) is 0 Å². The molecule has 0 radical (unpaired) electrons. The smallest absolute Gasteiger partial charge is 0.407 e. The third-order valence-electron chi connectivity index (χ3n) is 3.60. The number of allylic oxidation sites excluding steroid dienone is 3. The van der Waals surface area contributed by atoms with Crippen LogP contribution >= 0.6 is 0 Å². The summed E-state index contributed by atoms with van der Waals surface area (Å²) in [6, 6.07) is 0. The minimum Gasteiger partial charge on any atom is -0.450 e. The van der Waals surface area contributed by atoms with Crippen molar-refractivity contribution in [3.05, 3.63) is 24.3 Å². The molecule has 0 aromatic carbocycles. The maximum atomic E-state index is 11.4. The summed E-state index contributed by atoms with van der Waals surface area (Å²) in [6.07, 6.45) is 16.5. The van der Waals surface area contributed by atoms with E-state index in [9.17, 15) is 4.79 Å². The molecule has 0 bridgehead atoms. The molecule has 0 aliphatic heterocycles. The number of aliphatic hydroxyl groups excluding tert-OH is 1. The second-order valence-electron chi connectivity index (χ2n) is 5.94. The lowest BCUT2D eigenvalue weighted by Crippen LogP contribution is -2.24. The summed E-state index contributed by atoms with van der Waals surface area (Å²) < 4.78 is 5.06. The Morgan fingerprint density at radius 3 is 2.65 bits per heavy atom. The van der Waals surface area contributed by atoms with Gasteiger partial charge in [0.25, 0.3) is 0 Å². The molecule has 0 aromatic rings. The van der Waals surface area contributed by atoms with E-state index in [0.717, 1.165) is 25.7 Å². The highest BCUT2D eigenvalue weighted by Crippen LogP contribution is 2.10. The van der Waals surface area contributed by atoms with Crippen molar-refractivity contribution in [2.75, 3.05) is 19.8 Å². The van der Waals surface area contributed by atoms with Gasteiger partial charge in [0, 0.05) is 13.2 Å². The number of amides is 1. The number of hydrogen-bond acceptors (Lipinski definition) is 3. The summed E-state index contributed by atoms with van der Waals surface area (Å²) in [5.41, 5.74) is 0. The summed E-state index contributed by atoms with van der Waals surface area (Å²) in [7, 11) is 0. The lowest BCUT2D eigenvalue weighted by molar-refractivity contribution is 0.144. The number of alkyl carbamates (subject to hydrolysis) is 1. The van der Waals surface area contributed by atoms with Gasteiger partial charge < -0.3 is 15.2 Å². The normalized spacial score (nSPS) is 12.8. The molecule has 23 heavy (non-hydrogen) atoms. The van der Waals surface area contributed by atoms with E-state index in [1.807, 2.05) is 18.2 Å². The van der Waals surface area contributed by atoms with Gasteiger partial charge >= 0.3 is 6.09 Å². The van der Waals surface area contributed by atoms with E-state index in [1.165, 1.54) is 25.7 Å². The number of unbranched alkanes of at least 4 members (excludes halogenated alkanes) is 5. The molecule has 0 aliphatic rings. The highest BCUT2D eigenvalue weighted by Gasteiger charge is 1.99. The summed E-state index contributed by atoms with van der Waals surface area (Å²) in [5.74, 6) is 0.606. The standard InChI is InChI=1S/C19H35NO3/c1-3-4-8-13-18(2)14-9-7-10-15-20-19(22)23-17-12-6-5-11-16-21/h7,9-10,14,18,21H,3-6,8,11-13,15-17H2,1-2H3,(H,20,22)/b10-7-,14-9+/t18-/m0/s1. The molecule has 0 fully saturated rings. The quantitative estimate of drug-likeness (QED) is 0.362.